The van der Waals surface area contributed by atoms with Gasteiger partial charge in [0.05, 0.1) is 15.9 Å². The minimum absolute atomic E-state index is 0.188. The molecule has 2 aliphatic rings. The van der Waals surface area contributed by atoms with Crippen LogP contribution in [0.2, 0.25) is 0 Å². The van der Waals surface area contributed by atoms with Gasteiger partial charge in [-0.3, -0.25) is 30.9 Å². The van der Waals surface area contributed by atoms with E-state index in [-0.39, 0.29) is 5.82 Å². The van der Waals surface area contributed by atoms with Crippen LogP contribution in [-0.2, 0) is 4.74 Å². The van der Waals surface area contributed by atoms with E-state index in [2.05, 4.69) is 15.9 Å². The smallest absolute Gasteiger partial charge is 0.289 e. The number of nitrogens with zero attached hydrogens (tertiary/aromatic N) is 6. The fourth-order valence-electron chi connectivity index (χ4n) is 1.42. The maximum atomic E-state index is 10.8. The predicted octanol–water partition coefficient (Wildman–Crippen LogP) is 0.550. The molecule has 0 radical (unpaired) electrons. The van der Waals surface area contributed by atoms with Gasteiger partial charge < -0.3 is 9.75 Å². The van der Waals surface area contributed by atoms with Crippen molar-refractivity contribution in [1.82, 2.24) is 5.01 Å². The first-order chi connectivity index (χ1) is 8.06. The molecular formula is C6H5N6O5-. The molecule has 1 atom stereocenters. The Hall–Kier alpha value is -2.56. The van der Waals surface area contributed by atoms with E-state index < -0.39 is 27.5 Å². The van der Waals surface area contributed by atoms with E-state index in [1.54, 1.807) is 0 Å². The van der Waals surface area contributed by atoms with Crippen LogP contribution in [0, 0.1) is 20.2 Å². The van der Waals surface area contributed by atoms with E-state index in [1.165, 1.54) is 7.11 Å². The number of fused-ring (bicyclic) bond motifs is 1. The molecule has 0 aromatic carbocycles. The standard InChI is InChI=1S/C6H5N6O5/c1-17-6-4(12(15)16)2-3(11(13)14)5-7-8-9-10(5)6/h2,6H,1H3/q-1. The lowest BCUT2D eigenvalue weighted by Gasteiger charge is -2.31. The molecule has 0 saturated heterocycles. The van der Waals surface area contributed by atoms with Gasteiger partial charge in [0, 0.05) is 7.11 Å². The fraction of sp³-hybridized carbons (Fsp3) is 0.333. The average molecular weight is 241 g/mol. The van der Waals surface area contributed by atoms with Crippen molar-refractivity contribution in [2.24, 2.45) is 10.4 Å². The Morgan fingerprint density at radius 2 is 2.18 bits per heavy atom. The lowest BCUT2D eigenvalue weighted by atomic mass is 10.2. The molecule has 0 aromatic heterocycles. The lowest BCUT2D eigenvalue weighted by Crippen LogP contribution is -2.38. The predicted molar refractivity (Wildman–Crippen MR) is 49.9 cm³/mol. The SMILES string of the molecule is COC1C([N+](=O)[O-])=CC([N+](=O)[O-])=C2[N-]N=NN21. The number of methoxy groups -OCH3 is 1. The van der Waals surface area contributed by atoms with Crippen LogP contribution in [0.4, 0.5) is 0 Å². The first-order valence-corrected chi connectivity index (χ1v) is 4.24. The highest BCUT2D eigenvalue weighted by molar-refractivity contribution is 5.33. The van der Waals surface area contributed by atoms with Crippen LogP contribution in [0.1, 0.15) is 0 Å². The molecule has 0 aromatic rings. The normalized spacial score (nSPS) is 22.1. The number of hydrogen-bond acceptors (Lipinski definition) is 8. The molecule has 17 heavy (non-hydrogen) atoms. The minimum atomic E-state index is -1.18. The number of nitro groups is 2. The molecule has 90 valence electrons. The molecule has 2 aliphatic heterocycles. The zero-order chi connectivity index (χ0) is 12.6. The second-order valence-corrected chi connectivity index (χ2v) is 3.00. The van der Waals surface area contributed by atoms with Crippen LogP contribution in [-0.4, -0.2) is 28.2 Å². The summed E-state index contributed by atoms with van der Waals surface area (Å²) in [5.41, 5.74) is 2.38. The third kappa shape index (κ3) is 1.57. The summed E-state index contributed by atoms with van der Waals surface area (Å²) in [6, 6.07) is 0. The molecule has 1 unspecified atom stereocenters. The largest absolute Gasteiger partial charge is 0.363 e. The Balaban J connectivity index is 2.53. The van der Waals surface area contributed by atoms with Crippen LogP contribution in [0.15, 0.2) is 33.7 Å². The number of rotatable bonds is 3. The van der Waals surface area contributed by atoms with Crippen LogP contribution >= 0.6 is 0 Å². The van der Waals surface area contributed by atoms with Gasteiger partial charge in [0.1, 0.15) is 5.82 Å². The first kappa shape index (κ1) is 10.9. The molecule has 0 aliphatic carbocycles. The van der Waals surface area contributed by atoms with Crippen molar-refractivity contribution < 1.29 is 14.6 Å². The topological polar surface area (TPSA) is 138 Å². The highest BCUT2D eigenvalue weighted by atomic mass is 16.6. The lowest BCUT2D eigenvalue weighted by molar-refractivity contribution is -0.451. The first-order valence-electron chi connectivity index (χ1n) is 4.24. The van der Waals surface area contributed by atoms with Gasteiger partial charge in [0.2, 0.25) is 0 Å². The highest BCUT2D eigenvalue weighted by Crippen LogP contribution is 2.35. The van der Waals surface area contributed by atoms with E-state index >= 15 is 0 Å². The molecule has 11 nitrogen and oxygen atoms in total. The zero-order valence-corrected chi connectivity index (χ0v) is 8.38. The van der Waals surface area contributed by atoms with Gasteiger partial charge in [-0.2, -0.15) is 5.22 Å². The summed E-state index contributed by atoms with van der Waals surface area (Å²) in [4.78, 5) is 19.9. The van der Waals surface area contributed by atoms with E-state index in [1.807, 2.05) is 0 Å². The number of hydrogen-bond donors (Lipinski definition) is 0. The van der Waals surface area contributed by atoms with E-state index in [9.17, 15) is 20.2 Å². The molecule has 0 N–H and O–H groups in total. The summed E-state index contributed by atoms with van der Waals surface area (Å²) >= 11 is 0. The Morgan fingerprint density at radius 1 is 1.47 bits per heavy atom. The minimum Gasteiger partial charge on any atom is -0.363 e. The van der Waals surface area contributed by atoms with Gasteiger partial charge in [-0.05, 0) is 0 Å². The van der Waals surface area contributed by atoms with Gasteiger partial charge in [-0.15, -0.1) is 0 Å². The Morgan fingerprint density at radius 3 is 2.71 bits per heavy atom. The molecule has 2 heterocycles. The molecule has 0 fully saturated rings. The fourth-order valence-corrected chi connectivity index (χ4v) is 1.42. The molecule has 0 spiro atoms. The monoisotopic (exact) mass is 241 g/mol. The quantitative estimate of drug-likeness (QED) is 0.522. The van der Waals surface area contributed by atoms with Crippen LogP contribution in [0.5, 0.6) is 0 Å². The Bertz CT molecular complexity index is 481. The molecule has 2 rings (SSSR count). The van der Waals surface area contributed by atoms with E-state index in [0.717, 1.165) is 11.1 Å². The second-order valence-electron chi connectivity index (χ2n) is 3.00. The van der Waals surface area contributed by atoms with Crippen molar-refractivity contribution in [3.05, 3.63) is 48.9 Å². The van der Waals surface area contributed by atoms with Crippen molar-refractivity contribution in [2.75, 3.05) is 7.11 Å². The molecule has 0 saturated carbocycles. The maximum absolute atomic E-state index is 10.8. The maximum Gasteiger partial charge on any atom is 0.289 e. The second kappa shape index (κ2) is 3.79. The zero-order valence-electron chi connectivity index (χ0n) is 8.38. The van der Waals surface area contributed by atoms with Crippen LogP contribution in [0.3, 0.4) is 0 Å². The van der Waals surface area contributed by atoms with Crippen molar-refractivity contribution in [3.63, 3.8) is 0 Å². The summed E-state index contributed by atoms with van der Waals surface area (Å²) in [7, 11) is 1.21. The summed E-state index contributed by atoms with van der Waals surface area (Å²) in [6.45, 7) is 0. The summed E-state index contributed by atoms with van der Waals surface area (Å²) < 4.78 is 4.85. The third-order valence-corrected chi connectivity index (χ3v) is 2.11. The van der Waals surface area contributed by atoms with Gasteiger partial charge in [-0.25, -0.2) is 0 Å². The van der Waals surface area contributed by atoms with Gasteiger partial charge in [-0.1, -0.05) is 0 Å². The molecular weight excluding hydrogens is 236 g/mol. The van der Waals surface area contributed by atoms with E-state index in [0.29, 0.717) is 0 Å². The highest BCUT2D eigenvalue weighted by Gasteiger charge is 2.38. The Labute approximate surface area is 93.3 Å². The average Bonchev–Trinajstić information content (AvgIpc) is 2.74. The van der Waals surface area contributed by atoms with Gasteiger partial charge in [0.15, 0.2) is 6.23 Å². The van der Waals surface area contributed by atoms with Crippen LogP contribution < -0.4 is 0 Å². The van der Waals surface area contributed by atoms with Crippen LogP contribution in [0.25, 0.3) is 5.43 Å². The van der Waals surface area contributed by atoms with Crippen molar-refractivity contribution >= 4 is 0 Å². The molecule has 11 heteroatoms. The van der Waals surface area contributed by atoms with Crippen molar-refractivity contribution in [2.45, 2.75) is 6.23 Å². The van der Waals surface area contributed by atoms with E-state index in [4.69, 9.17) is 4.74 Å². The summed E-state index contributed by atoms with van der Waals surface area (Å²) in [6.07, 6.45) is -0.390. The number of ether oxygens (including phenoxy) is 1. The molecule has 0 bridgehead atoms. The molecule has 0 amide bonds. The van der Waals surface area contributed by atoms with Crippen molar-refractivity contribution in [1.29, 1.82) is 0 Å². The third-order valence-electron chi connectivity index (χ3n) is 2.11. The van der Waals surface area contributed by atoms with Gasteiger partial charge >= 0.3 is 0 Å². The van der Waals surface area contributed by atoms with Gasteiger partial charge in [0.25, 0.3) is 11.4 Å². The number of allylic oxidation sites excluding steroid dienone is 1. The van der Waals surface area contributed by atoms with Crippen molar-refractivity contribution in [3.8, 4) is 0 Å². The Kier molecular flexibility index (Phi) is 2.44. The summed E-state index contributed by atoms with van der Waals surface area (Å²) in [5, 5.41) is 29.0. The summed E-state index contributed by atoms with van der Waals surface area (Å²) in [5.74, 6) is -0.188.